The summed E-state index contributed by atoms with van der Waals surface area (Å²) in [6.07, 6.45) is 2.77. The van der Waals surface area contributed by atoms with Crippen molar-refractivity contribution in [1.29, 1.82) is 0 Å². The number of carbonyl (C=O) groups is 2. The predicted molar refractivity (Wildman–Crippen MR) is 114 cm³/mol. The minimum absolute atomic E-state index is 0.249. The lowest BCUT2D eigenvalue weighted by atomic mass is 9.94. The molecule has 2 amide bonds. The van der Waals surface area contributed by atoms with Crippen LogP contribution in [0.25, 0.3) is 16.8 Å². The highest BCUT2D eigenvalue weighted by Gasteiger charge is 2.38. The van der Waals surface area contributed by atoms with Crippen LogP contribution in [0.15, 0.2) is 54.7 Å². The minimum atomic E-state index is -3.69. The van der Waals surface area contributed by atoms with Crippen LogP contribution in [0.5, 0.6) is 0 Å². The Hall–Kier alpha value is -3.28. The fourth-order valence-corrected chi connectivity index (χ4v) is 4.33. The summed E-state index contributed by atoms with van der Waals surface area (Å²) in [5.41, 5.74) is 2.75. The van der Waals surface area contributed by atoms with Crippen LogP contribution in [0.2, 0.25) is 0 Å². The number of amides is 2. The highest BCUT2D eigenvalue weighted by Crippen LogP contribution is 2.20. The number of hydrogen-bond acceptors (Lipinski definition) is 6. The number of sulfonamides is 1. The van der Waals surface area contributed by atoms with E-state index < -0.39 is 33.4 Å². The van der Waals surface area contributed by atoms with E-state index in [2.05, 4.69) is 15.1 Å². The number of pyridine rings is 1. The van der Waals surface area contributed by atoms with Crippen LogP contribution in [0.3, 0.4) is 0 Å². The Morgan fingerprint density at radius 2 is 1.81 bits per heavy atom. The maximum absolute atomic E-state index is 12.7. The van der Waals surface area contributed by atoms with Crippen molar-refractivity contribution in [1.82, 2.24) is 25.1 Å². The number of benzene rings is 1. The van der Waals surface area contributed by atoms with Gasteiger partial charge in [-0.25, -0.2) is 23.1 Å². The summed E-state index contributed by atoms with van der Waals surface area (Å²) in [6, 6.07) is 12.8. The third-order valence-corrected chi connectivity index (χ3v) is 5.53. The number of hydrogen-bond donors (Lipinski definition) is 4. The molecule has 0 aliphatic carbocycles. The molecule has 11 heteroatoms. The summed E-state index contributed by atoms with van der Waals surface area (Å²) < 4.78 is 27.3. The molecule has 0 spiro atoms. The number of rotatable bonds is 7. The van der Waals surface area contributed by atoms with Gasteiger partial charge < -0.3 is 5.32 Å². The van der Waals surface area contributed by atoms with Crippen molar-refractivity contribution in [3.63, 3.8) is 0 Å². The Morgan fingerprint density at radius 1 is 1.13 bits per heavy atom. The molecule has 0 bridgehead atoms. The first-order valence-electron chi connectivity index (χ1n) is 9.29. The highest BCUT2D eigenvalue weighted by molar-refractivity contribution is 7.88. The first kappa shape index (κ1) is 22.4. The lowest BCUT2D eigenvalue weighted by molar-refractivity contribution is -0.132. The number of hydroxylamine groups is 1. The van der Waals surface area contributed by atoms with E-state index in [1.807, 2.05) is 30.5 Å². The maximum Gasteiger partial charge on any atom is 0.267 e. The lowest BCUT2D eigenvalue weighted by Gasteiger charge is -2.33. The molecule has 0 fully saturated rings. The molecule has 2 aromatic heterocycles. The van der Waals surface area contributed by atoms with E-state index in [1.54, 1.807) is 28.8 Å². The summed E-state index contributed by atoms with van der Waals surface area (Å²) in [5.74, 6) is -1.57. The van der Waals surface area contributed by atoms with Gasteiger partial charge in [-0.15, -0.1) is 0 Å². The van der Waals surface area contributed by atoms with Crippen LogP contribution in [0.1, 0.15) is 24.2 Å². The smallest absolute Gasteiger partial charge is 0.267 e. The zero-order valence-electron chi connectivity index (χ0n) is 17.2. The summed E-state index contributed by atoms with van der Waals surface area (Å²) in [4.78, 5) is 24.8. The molecule has 0 radical (unpaired) electrons. The van der Waals surface area contributed by atoms with Gasteiger partial charge >= 0.3 is 0 Å². The molecule has 31 heavy (non-hydrogen) atoms. The van der Waals surface area contributed by atoms with E-state index in [1.165, 1.54) is 19.3 Å². The van der Waals surface area contributed by atoms with Crippen molar-refractivity contribution in [2.45, 2.75) is 25.4 Å². The maximum atomic E-state index is 12.7. The van der Waals surface area contributed by atoms with E-state index in [-0.39, 0.29) is 5.56 Å². The van der Waals surface area contributed by atoms with Crippen LogP contribution in [0, 0.1) is 0 Å². The quantitative estimate of drug-likeness (QED) is 0.315. The fraction of sp³-hybridized carbons (Fsp3) is 0.250. The largest absolute Gasteiger partial charge is 0.338 e. The molecule has 10 nitrogen and oxygen atoms in total. The van der Waals surface area contributed by atoms with Gasteiger partial charge in [0.25, 0.3) is 11.8 Å². The highest BCUT2D eigenvalue weighted by atomic mass is 32.2. The molecule has 0 aliphatic heterocycles. The molecule has 0 saturated heterocycles. The van der Waals surface area contributed by atoms with E-state index in [0.29, 0.717) is 0 Å². The molecule has 3 aromatic rings. The molecule has 164 valence electrons. The van der Waals surface area contributed by atoms with Gasteiger partial charge in [0.2, 0.25) is 10.0 Å². The Labute approximate surface area is 179 Å². The second-order valence-corrected chi connectivity index (χ2v) is 9.40. The van der Waals surface area contributed by atoms with Crippen LogP contribution in [0.4, 0.5) is 0 Å². The van der Waals surface area contributed by atoms with E-state index >= 15 is 0 Å². The van der Waals surface area contributed by atoms with Gasteiger partial charge in [0.15, 0.2) is 0 Å². The summed E-state index contributed by atoms with van der Waals surface area (Å²) >= 11 is 0. The second kappa shape index (κ2) is 8.46. The third kappa shape index (κ3) is 5.26. The molecule has 4 N–H and O–H groups in total. The number of carbonyl (C=O) groups excluding carboxylic acids is 2. The Balaban J connectivity index is 1.81. The Morgan fingerprint density at radius 3 is 2.39 bits per heavy atom. The SMILES string of the molecule is CC(C)(NS(C)(=O)=O)[C@H](NC(=O)c1ccc(-c2cc3ccccn3n2)cc1)C(=O)NO. The first-order chi connectivity index (χ1) is 14.5. The van der Waals surface area contributed by atoms with Gasteiger partial charge in [0.05, 0.1) is 23.0 Å². The van der Waals surface area contributed by atoms with Crippen molar-refractivity contribution >= 4 is 27.4 Å². The molecule has 2 heterocycles. The molecular formula is C20H23N5O5S. The molecule has 0 unspecified atom stereocenters. The zero-order chi connectivity index (χ0) is 22.8. The second-order valence-electron chi connectivity index (χ2n) is 7.66. The Kier molecular flexibility index (Phi) is 6.11. The third-order valence-electron chi connectivity index (χ3n) is 4.63. The van der Waals surface area contributed by atoms with Gasteiger partial charge in [0, 0.05) is 17.3 Å². The number of aromatic nitrogens is 2. The topological polar surface area (TPSA) is 142 Å². The van der Waals surface area contributed by atoms with E-state index in [0.717, 1.165) is 23.0 Å². The van der Waals surface area contributed by atoms with E-state index in [4.69, 9.17) is 5.21 Å². The number of nitrogens with one attached hydrogen (secondary N) is 3. The summed E-state index contributed by atoms with van der Waals surface area (Å²) in [5, 5.41) is 16.0. The first-order valence-corrected chi connectivity index (χ1v) is 11.2. The molecule has 1 aromatic carbocycles. The molecular weight excluding hydrogens is 422 g/mol. The van der Waals surface area contributed by atoms with E-state index in [9.17, 15) is 18.0 Å². The molecule has 1 atom stereocenters. The summed E-state index contributed by atoms with van der Waals surface area (Å²) in [6.45, 7) is 2.83. The van der Waals surface area contributed by atoms with Gasteiger partial charge in [-0.3, -0.25) is 14.8 Å². The van der Waals surface area contributed by atoms with Crippen molar-refractivity contribution in [2.75, 3.05) is 6.26 Å². The predicted octanol–water partition coefficient (Wildman–Crippen LogP) is 0.933. The summed E-state index contributed by atoms with van der Waals surface area (Å²) in [7, 11) is -3.69. The van der Waals surface area contributed by atoms with Gasteiger partial charge in [0.1, 0.15) is 6.04 Å². The van der Waals surface area contributed by atoms with Gasteiger partial charge in [-0.2, -0.15) is 5.10 Å². The van der Waals surface area contributed by atoms with Crippen LogP contribution >= 0.6 is 0 Å². The van der Waals surface area contributed by atoms with Gasteiger partial charge in [-0.05, 0) is 44.2 Å². The van der Waals surface area contributed by atoms with Crippen molar-refractivity contribution in [3.8, 4) is 11.3 Å². The minimum Gasteiger partial charge on any atom is -0.338 e. The standard InChI is InChI=1S/C20H23N5O5S/c1-20(2,24-31(3,29)30)17(19(27)23-28)21-18(26)14-9-7-13(8-10-14)16-12-15-6-4-5-11-25(15)22-16/h4-12,17,24,28H,1-3H3,(H,21,26)(H,23,27)/t17-/m1/s1. The average molecular weight is 446 g/mol. The normalized spacial score (nSPS) is 13.0. The van der Waals surface area contributed by atoms with Crippen molar-refractivity contribution in [2.24, 2.45) is 0 Å². The van der Waals surface area contributed by atoms with Gasteiger partial charge in [-0.1, -0.05) is 18.2 Å². The monoisotopic (exact) mass is 445 g/mol. The van der Waals surface area contributed by atoms with Crippen molar-refractivity contribution in [3.05, 3.63) is 60.3 Å². The number of nitrogens with zero attached hydrogens (tertiary/aromatic N) is 2. The fourth-order valence-electron chi connectivity index (χ4n) is 3.26. The number of fused-ring (bicyclic) bond motifs is 1. The van der Waals surface area contributed by atoms with Crippen LogP contribution in [-0.4, -0.2) is 52.9 Å². The lowest BCUT2D eigenvalue weighted by Crippen LogP contribution is -2.64. The Bertz CT molecular complexity index is 1190. The van der Waals surface area contributed by atoms with Crippen LogP contribution in [-0.2, 0) is 14.8 Å². The molecule has 0 aliphatic rings. The molecule has 0 saturated carbocycles. The van der Waals surface area contributed by atoms with Crippen molar-refractivity contribution < 1.29 is 23.2 Å². The average Bonchev–Trinajstić information content (AvgIpc) is 3.13. The molecule has 3 rings (SSSR count). The van der Waals surface area contributed by atoms with Crippen LogP contribution < -0.4 is 15.5 Å². The zero-order valence-corrected chi connectivity index (χ0v) is 18.0.